The molecule has 0 unspecified atom stereocenters. The van der Waals surface area contributed by atoms with Crippen molar-refractivity contribution >= 4 is 17.6 Å². The molecule has 0 spiro atoms. The highest BCUT2D eigenvalue weighted by molar-refractivity contribution is 5.95. The van der Waals surface area contributed by atoms with Crippen molar-refractivity contribution < 1.29 is 19.4 Å². The number of carboxylic acids is 1. The quantitative estimate of drug-likeness (QED) is 0.912. The highest BCUT2D eigenvalue weighted by atomic mass is 16.5. The minimum atomic E-state index is -1.08. The summed E-state index contributed by atoms with van der Waals surface area (Å²) in [6, 6.07) is 7.04. The SMILES string of the molecule is COc1ccc(NC(=O)[C@@H]2C3CCC(CC3)[C@@H]2C(=O)[O-])cc1. The van der Waals surface area contributed by atoms with Crippen LogP contribution in [0.2, 0.25) is 0 Å². The fourth-order valence-corrected chi connectivity index (χ4v) is 4.07. The number of carbonyl (C=O) groups is 2. The topological polar surface area (TPSA) is 78.5 Å². The van der Waals surface area contributed by atoms with E-state index >= 15 is 0 Å². The smallest absolute Gasteiger partial charge is 0.228 e. The fraction of sp³-hybridized carbons (Fsp3) is 0.529. The van der Waals surface area contributed by atoms with Crippen LogP contribution in [0.1, 0.15) is 25.7 Å². The zero-order valence-electron chi connectivity index (χ0n) is 12.6. The van der Waals surface area contributed by atoms with E-state index in [1.807, 2.05) is 0 Å². The Balaban J connectivity index is 1.76. The largest absolute Gasteiger partial charge is 0.550 e. The molecule has 1 aromatic carbocycles. The summed E-state index contributed by atoms with van der Waals surface area (Å²) in [7, 11) is 1.58. The standard InChI is InChI=1S/C17H21NO4/c1-22-13-8-6-12(7-9-13)18-16(19)14-10-2-4-11(5-3-10)15(14)17(20)21/h6-11,14-15H,2-5H2,1H3,(H,18,19)(H,20,21)/p-1/t10?,11?,14-,15+/m1/s1. The van der Waals surface area contributed by atoms with E-state index in [0.717, 1.165) is 25.7 Å². The van der Waals surface area contributed by atoms with Gasteiger partial charge < -0.3 is 20.0 Å². The van der Waals surface area contributed by atoms with Crippen LogP contribution in [-0.4, -0.2) is 19.0 Å². The van der Waals surface area contributed by atoms with Gasteiger partial charge in [0.15, 0.2) is 0 Å². The summed E-state index contributed by atoms with van der Waals surface area (Å²) in [5, 5.41) is 14.3. The van der Waals surface area contributed by atoms with Gasteiger partial charge in [0.2, 0.25) is 5.91 Å². The molecule has 118 valence electrons. The number of amides is 1. The molecule has 0 aromatic heterocycles. The van der Waals surface area contributed by atoms with Crippen LogP contribution in [0.25, 0.3) is 0 Å². The van der Waals surface area contributed by atoms with Crippen LogP contribution >= 0.6 is 0 Å². The third kappa shape index (κ3) is 2.67. The van der Waals surface area contributed by atoms with Gasteiger partial charge in [-0.25, -0.2) is 0 Å². The van der Waals surface area contributed by atoms with Crippen LogP contribution in [-0.2, 0) is 9.59 Å². The number of fused-ring (bicyclic) bond motifs is 3. The molecule has 4 rings (SSSR count). The number of rotatable bonds is 4. The second kappa shape index (κ2) is 5.99. The minimum absolute atomic E-state index is 0.0848. The average molecular weight is 302 g/mol. The van der Waals surface area contributed by atoms with Gasteiger partial charge in [-0.15, -0.1) is 0 Å². The second-order valence-corrected chi connectivity index (χ2v) is 6.26. The van der Waals surface area contributed by atoms with Crippen molar-refractivity contribution in [2.45, 2.75) is 25.7 Å². The first-order valence-electron chi connectivity index (χ1n) is 7.76. The molecule has 2 bridgehead atoms. The molecule has 0 aliphatic heterocycles. The first-order chi connectivity index (χ1) is 10.6. The lowest BCUT2D eigenvalue weighted by Gasteiger charge is -2.48. The number of hydrogen-bond acceptors (Lipinski definition) is 4. The molecule has 3 aliphatic carbocycles. The first-order valence-corrected chi connectivity index (χ1v) is 7.76. The highest BCUT2D eigenvalue weighted by Crippen LogP contribution is 2.49. The molecule has 5 heteroatoms. The summed E-state index contributed by atoms with van der Waals surface area (Å²) in [5.41, 5.74) is 0.657. The van der Waals surface area contributed by atoms with Gasteiger partial charge in [-0.05, 0) is 61.8 Å². The van der Waals surface area contributed by atoms with E-state index in [1.165, 1.54) is 0 Å². The molecule has 0 heterocycles. The van der Waals surface area contributed by atoms with Crippen molar-refractivity contribution in [3.05, 3.63) is 24.3 Å². The Morgan fingerprint density at radius 3 is 2.09 bits per heavy atom. The molecule has 1 amide bonds. The number of benzene rings is 1. The summed E-state index contributed by atoms with van der Waals surface area (Å²) in [4.78, 5) is 24.1. The molecular formula is C17H20NO4-. The predicted octanol–water partition coefficient (Wildman–Crippen LogP) is 1.44. The van der Waals surface area contributed by atoms with Gasteiger partial charge in [-0.1, -0.05) is 0 Å². The van der Waals surface area contributed by atoms with Gasteiger partial charge in [0.25, 0.3) is 0 Å². The van der Waals surface area contributed by atoms with Crippen LogP contribution < -0.4 is 15.2 Å². The Hall–Kier alpha value is -2.04. The number of hydrogen-bond donors (Lipinski definition) is 1. The molecular weight excluding hydrogens is 282 g/mol. The Kier molecular flexibility index (Phi) is 4.05. The van der Waals surface area contributed by atoms with Crippen molar-refractivity contribution in [3.63, 3.8) is 0 Å². The number of carbonyl (C=O) groups excluding carboxylic acids is 2. The molecule has 3 aliphatic rings. The van der Waals surface area contributed by atoms with Crippen molar-refractivity contribution in [1.29, 1.82) is 0 Å². The maximum absolute atomic E-state index is 12.6. The average Bonchev–Trinajstić information content (AvgIpc) is 2.55. The van der Waals surface area contributed by atoms with E-state index in [0.29, 0.717) is 11.4 Å². The number of anilines is 1. The first kappa shape index (κ1) is 14.9. The van der Waals surface area contributed by atoms with Crippen molar-refractivity contribution in [3.8, 4) is 5.75 Å². The zero-order valence-corrected chi connectivity index (χ0v) is 12.6. The monoisotopic (exact) mass is 302 g/mol. The minimum Gasteiger partial charge on any atom is -0.550 e. The Morgan fingerprint density at radius 1 is 1.05 bits per heavy atom. The van der Waals surface area contributed by atoms with Gasteiger partial charge in [0, 0.05) is 23.5 Å². The van der Waals surface area contributed by atoms with E-state index in [1.54, 1.807) is 31.4 Å². The molecule has 5 nitrogen and oxygen atoms in total. The van der Waals surface area contributed by atoms with Gasteiger partial charge in [0.1, 0.15) is 5.75 Å². The number of nitrogens with one attached hydrogen (secondary N) is 1. The molecule has 0 radical (unpaired) electrons. The predicted molar refractivity (Wildman–Crippen MR) is 79.1 cm³/mol. The van der Waals surface area contributed by atoms with Gasteiger partial charge in [-0.2, -0.15) is 0 Å². The van der Waals surface area contributed by atoms with Gasteiger partial charge in [0.05, 0.1) is 7.11 Å². The van der Waals surface area contributed by atoms with Crippen LogP contribution in [0, 0.1) is 23.7 Å². The van der Waals surface area contributed by atoms with Crippen LogP contribution in [0.5, 0.6) is 5.75 Å². The number of carboxylic acid groups (broad SMARTS) is 1. The highest BCUT2D eigenvalue weighted by Gasteiger charge is 2.47. The summed E-state index contributed by atoms with van der Waals surface area (Å²) in [6.07, 6.45) is 3.68. The maximum Gasteiger partial charge on any atom is 0.228 e. The van der Waals surface area contributed by atoms with E-state index in [9.17, 15) is 14.7 Å². The Bertz CT molecular complexity index is 561. The maximum atomic E-state index is 12.6. The summed E-state index contributed by atoms with van der Waals surface area (Å²) >= 11 is 0. The van der Waals surface area contributed by atoms with E-state index in [2.05, 4.69) is 5.32 Å². The molecule has 22 heavy (non-hydrogen) atoms. The van der Waals surface area contributed by atoms with Gasteiger partial charge >= 0.3 is 0 Å². The second-order valence-electron chi connectivity index (χ2n) is 6.26. The van der Waals surface area contributed by atoms with Crippen LogP contribution in [0.4, 0.5) is 5.69 Å². The molecule has 0 saturated heterocycles. The Labute approximate surface area is 129 Å². The Morgan fingerprint density at radius 2 is 1.59 bits per heavy atom. The van der Waals surface area contributed by atoms with E-state index < -0.39 is 17.8 Å². The zero-order chi connectivity index (χ0) is 15.7. The molecule has 3 fully saturated rings. The van der Waals surface area contributed by atoms with Crippen LogP contribution in [0.3, 0.4) is 0 Å². The summed E-state index contributed by atoms with van der Waals surface area (Å²) in [6.45, 7) is 0. The van der Waals surface area contributed by atoms with Gasteiger partial charge in [-0.3, -0.25) is 4.79 Å². The van der Waals surface area contributed by atoms with Crippen molar-refractivity contribution in [2.75, 3.05) is 12.4 Å². The van der Waals surface area contributed by atoms with Crippen molar-refractivity contribution in [1.82, 2.24) is 0 Å². The normalized spacial score (nSPS) is 29.9. The summed E-state index contributed by atoms with van der Waals surface area (Å²) < 4.78 is 5.08. The van der Waals surface area contributed by atoms with E-state index in [4.69, 9.17) is 4.74 Å². The number of aliphatic carboxylic acids is 1. The van der Waals surface area contributed by atoms with Crippen LogP contribution in [0.15, 0.2) is 24.3 Å². The number of ether oxygens (including phenoxy) is 1. The molecule has 2 atom stereocenters. The lowest BCUT2D eigenvalue weighted by Crippen LogP contribution is -2.52. The third-order valence-corrected chi connectivity index (χ3v) is 5.15. The fourth-order valence-electron chi connectivity index (χ4n) is 4.07. The molecule has 3 saturated carbocycles. The lowest BCUT2D eigenvalue weighted by molar-refractivity contribution is -0.318. The number of methoxy groups -OCH3 is 1. The third-order valence-electron chi connectivity index (χ3n) is 5.15. The van der Waals surface area contributed by atoms with Crippen molar-refractivity contribution in [2.24, 2.45) is 23.7 Å². The molecule has 1 aromatic rings. The molecule has 1 N–H and O–H groups in total. The lowest BCUT2D eigenvalue weighted by atomic mass is 9.58. The summed E-state index contributed by atoms with van der Waals surface area (Å²) in [5.74, 6) is -1.45. The van der Waals surface area contributed by atoms with E-state index in [-0.39, 0.29) is 17.7 Å².